The highest BCUT2D eigenvalue weighted by molar-refractivity contribution is 8.02. The van der Waals surface area contributed by atoms with Gasteiger partial charge in [-0.1, -0.05) is 12.2 Å². The maximum Gasteiger partial charge on any atom is 0.247 e. The highest BCUT2D eigenvalue weighted by Crippen LogP contribution is 2.66. The van der Waals surface area contributed by atoms with Gasteiger partial charge in [-0.15, -0.1) is 24.9 Å². The summed E-state index contributed by atoms with van der Waals surface area (Å²) in [4.78, 5) is 48.5. The van der Waals surface area contributed by atoms with E-state index in [1.165, 1.54) is 0 Å². The van der Waals surface area contributed by atoms with Crippen LogP contribution >= 0.6 is 11.8 Å². The van der Waals surface area contributed by atoms with E-state index in [1.54, 1.807) is 45.7 Å². The van der Waals surface area contributed by atoms with Gasteiger partial charge < -0.3 is 24.5 Å². The lowest BCUT2D eigenvalue weighted by molar-refractivity contribution is -0.144. The molecular formula is C25H38N4O5S. The Bertz CT molecular complexity index is 850. The Balaban J connectivity index is 1.60. The topological polar surface area (TPSA) is 93.6 Å². The first-order chi connectivity index (χ1) is 16.9. The molecule has 0 aromatic rings. The van der Waals surface area contributed by atoms with E-state index in [0.29, 0.717) is 32.8 Å². The molecule has 4 aliphatic rings. The molecule has 194 valence electrons. The van der Waals surface area contributed by atoms with Gasteiger partial charge in [0.05, 0.1) is 36.4 Å². The van der Waals surface area contributed by atoms with Crippen LogP contribution in [-0.4, -0.2) is 131 Å². The third kappa shape index (κ3) is 4.65. The van der Waals surface area contributed by atoms with Crippen molar-refractivity contribution in [2.45, 2.75) is 28.9 Å². The van der Waals surface area contributed by atoms with Gasteiger partial charge in [-0.25, -0.2) is 0 Å². The van der Waals surface area contributed by atoms with E-state index in [1.807, 2.05) is 0 Å². The zero-order valence-corrected chi connectivity index (χ0v) is 21.5. The van der Waals surface area contributed by atoms with Gasteiger partial charge in [0, 0.05) is 58.1 Å². The summed E-state index contributed by atoms with van der Waals surface area (Å²) in [6, 6.07) is -0.686. The van der Waals surface area contributed by atoms with Crippen molar-refractivity contribution in [3.8, 4) is 0 Å². The zero-order valence-electron chi connectivity index (χ0n) is 20.6. The zero-order chi connectivity index (χ0) is 25.2. The minimum Gasteiger partial charge on any atom is -0.395 e. The number of likely N-dealkylation sites (tertiary alicyclic amines) is 1. The highest BCUT2D eigenvalue weighted by atomic mass is 32.2. The van der Waals surface area contributed by atoms with E-state index in [-0.39, 0.29) is 36.1 Å². The highest BCUT2D eigenvalue weighted by Gasteiger charge is 2.73. The average Bonchev–Trinajstić information content (AvgIpc) is 3.50. The minimum atomic E-state index is -0.686. The van der Waals surface area contributed by atoms with Crippen molar-refractivity contribution in [3.63, 3.8) is 0 Å². The Morgan fingerprint density at radius 1 is 1.20 bits per heavy atom. The second kappa shape index (κ2) is 11.0. The van der Waals surface area contributed by atoms with E-state index in [9.17, 15) is 19.5 Å². The molecule has 2 unspecified atom stereocenters. The molecule has 2 bridgehead atoms. The van der Waals surface area contributed by atoms with Gasteiger partial charge in [0.1, 0.15) is 6.04 Å². The van der Waals surface area contributed by atoms with Crippen LogP contribution in [0.4, 0.5) is 0 Å². The molecule has 1 spiro atoms. The van der Waals surface area contributed by atoms with Crippen LogP contribution in [-0.2, 0) is 19.1 Å². The number of rotatable bonds is 11. The number of aliphatic hydroxyl groups is 1. The number of hydrogen-bond acceptors (Lipinski definition) is 7. The number of nitrogens with zero attached hydrogens (tertiary/aromatic N) is 4. The molecule has 5 atom stereocenters. The number of morpholine rings is 1. The SMILES string of the molecule is C=CCN(C)C(=O)[C@@H]1[C@@H]2CCC3(S2)C(C(=O)N(CC=C)CCN2CCOCC2)N(CCO)C(=O)[C@H]13. The van der Waals surface area contributed by atoms with Crippen LogP contribution in [0.5, 0.6) is 0 Å². The molecule has 35 heavy (non-hydrogen) atoms. The lowest BCUT2D eigenvalue weighted by atomic mass is 9.70. The van der Waals surface area contributed by atoms with E-state index >= 15 is 0 Å². The van der Waals surface area contributed by atoms with Gasteiger partial charge in [0.2, 0.25) is 17.7 Å². The van der Waals surface area contributed by atoms with Gasteiger partial charge in [0.25, 0.3) is 0 Å². The first-order valence-corrected chi connectivity index (χ1v) is 13.4. The van der Waals surface area contributed by atoms with Crippen LogP contribution in [0.3, 0.4) is 0 Å². The Hall–Kier alpha value is -1.88. The molecule has 0 aromatic heterocycles. The maximum atomic E-state index is 14.1. The Kier molecular flexibility index (Phi) is 8.25. The predicted octanol–water partition coefficient (Wildman–Crippen LogP) is 0.0611. The average molecular weight is 507 g/mol. The van der Waals surface area contributed by atoms with Crippen LogP contribution in [0.2, 0.25) is 0 Å². The fraction of sp³-hybridized carbons (Fsp3) is 0.720. The molecule has 4 rings (SSSR count). The van der Waals surface area contributed by atoms with Gasteiger partial charge in [-0.05, 0) is 12.8 Å². The van der Waals surface area contributed by atoms with Crippen LogP contribution in [0.1, 0.15) is 12.8 Å². The van der Waals surface area contributed by atoms with Gasteiger partial charge in [0.15, 0.2) is 0 Å². The van der Waals surface area contributed by atoms with Crippen molar-refractivity contribution >= 4 is 29.5 Å². The largest absolute Gasteiger partial charge is 0.395 e. The minimum absolute atomic E-state index is 0.0245. The molecule has 0 saturated carbocycles. The Morgan fingerprint density at radius 3 is 2.57 bits per heavy atom. The molecule has 3 amide bonds. The summed E-state index contributed by atoms with van der Waals surface area (Å²) in [5.41, 5.74) is 0. The summed E-state index contributed by atoms with van der Waals surface area (Å²) in [5, 5.41) is 9.80. The van der Waals surface area contributed by atoms with Crippen LogP contribution < -0.4 is 0 Å². The third-order valence-corrected chi connectivity index (χ3v) is 9.84. The maximum absolute atomic E-state index is 14.1. The van der Waals surface area contributed by atoms with E-state index in [2.05, 4.69) is 18.1 Å². The van der Waals surface area contributed by atoms with Gasteiger partial charge in [-0.2, -0.15) is 0 Å². The first kappa shape index (κ1) is 26.2. The van der Waals surface area contributed by atoms with Gasteiger partial charge >= 0.3 is 0 Å². The lowest BCUT2D eigenvalue weighted by Gasteiger charge is -2.38. The van der Waals surface area contributed by atoms with E-state index < -0.39 is 22.6 Å². The summed E-state index contributed by atoms with van der Waals surface area (Å²) in [6.45, 7) is 12.5. The second-order valence-electron chi connectivity index (χ2n) is 9.85. The van der Waals surface area contributed by atoms with Crippen molar-refractivity contribution in [1.82, 2.24) is 19.6 Å². The molecule has 10 heteroatoms. The lowest BCUT2D eigenvalue weighted by Crippen LogP contribution is -2.56. The van der Waals surface area contributed by atoms with Crippen LogP contribution in [0.25, 0.3) is 0 Å². The summed E-state index contributed by atoms with van der Waals surface area (Å²) in [7, 11) is 1.73. The molecule has 4 saturated heterocycles. The fourth-order valence-electron chi connectivity index (χ4n) is 6.31. The van der Waals surface area contributed by atoms with Crippen molar-refractivity contribution in [3.05, 3.63) is 25.3 Å². The molecule has 4 fully saturated rings. The Labute approximate surface area is 212 Å². The van der Waals surface area contributed by atoms with Crippen molar-refractivity contribution in [2.75, 3.05) is 72.7 Å². The molecule has 0 radical (unpaired) electrons. The summed E-state index contributed by atoms with van der Waals surface area (Å²) >= 11 is 1.66. The number of β-amino-alcohol motifs (C(OH)–C–C–N with tert-alkyl or cyclic N) is 1. The number of hydrogen-bond donors (Lipinski definition) is 1. The van der Waals surface area contributed by atoms with E-state index in [0.717, 1.165) is 32.5 Å². The number of ether oxygens (including phenoxy) is 1. The number of likely N-dealkylation sites (N-methyl/N-ethyl adjacent to an activating group) is 1. The van der Waals surface area contributed by atoms with Gasteiger partial charge in [-0.3, -0.25) is 19.3 Å². The molecule has 0 aromatic carbocycles. The summed E-state index contributed by atoms with van der Waals surface area (Å²) in [5.74, 6) is -1.34. The molecule has 1 N–H and O–H groups in total. The van der Waals surface area contributed by atoms with Crippen LogP contribution in [0.15, 0.2) is 25.3 Å². The van der Waals surface area contributed by atoms with Crippen LogP contribution in [0, 0.1) is 11.8 Å². The second-order valence-corrected chi connectivity index (χ2v) is 11.4. The molecule has 4 aliphatic heterocycles. The van der Waals surface area contributed by atoms with Crippen molar-refractivity contribution < 1.29 is 24.2 Å². The summed E-state index contributed by atoms with van der Waals surface area (Å²) < 4.78 is 4.79. The molecular weight excluding hydrogens is 468 g/mol. The number of thioether (sulfide) groups is 1. The number of aliphatic hydroxyl groups excluding tert-OH is 1. The quantitative estimate of drug-likeness (QED) is 0.396. The molecule has 0 aliphatic carbocycles. The number of carbonyl (C=O) groups excluding carboxylic acids is 3. The Morgan fingerprint density at radius 2 is 1.91 bits per heavy atom. The standard InChI is InChI=1S/C25H38N4O5S/c1-4-8-26(3)22(31)19-18-6-7-25(35-18)20(19)23(32)29(12-15-30)21(25)24(33)28(9-5-2)11-10-27-13-16-34-17-14-27/h4-5,18-21,30H,1-2,6-17H2,3H3/t18-,19+,20-,21?,25?/m0/s1. The predicted molar refractivity (Wildman–Crippen MR) is 135 cm³/mol. The first-order valence-electron chi connectivity index (χ1n) is 12.5. The fourth-order valence-corrected chi connectivity index (χ4v) is 8.51. The number of amides is 3. The molecule has 4 heterocycles. The molecule has 9 nitrogen and oxygen atoms in total. The normalized spacial score (nSPS) is 31.9. The summed E-state index contributed by atoms with van der Waals surface area (Å²) in [6.07, 6.45) is 4.92. The monoisotopic (exact) mass is 506 g/mol. The number of carbonyl (C=O) groups is 3. The number of fused-ring (bicyclic) bond motifs is 1. The van der Waals surface area contributed by atoms with Crippen molar-refractivity contribution in [2.24, 2.45) is 11.8 Å². The smallest absolute Gasteiger partial charge is 0.247 e. The third-order valence-electron chi connectivity index (χ3n) is 7.89. The van der Waals surface area contributed by atoms with E-state index in [4.69, 9.17) is 4.74 Å². The van der Waals surface area contributed by atoms with Crippen molar-refractivity contribution in [1.29, 1.82) is 0 Å².